The Kier molecular flexibility index (Phi) is 7.50. The normalized spacial score (nSPS) is 10.6. The molecule has 30 heavy (non-hydrogen) atoms. The van der Waals surface area contributed by atoms with Crippen LogP contribution in [0.25, 0.3) is 6.08 Å². The first-order chi connectivity index (χ1) is 14.7. The number of hydrogen-bond acceptors (Lipinski definition) is 5. The highest BCUT2D eigenvalue weighted by Crippen LogP contribution is 2.17. The Hall–Kier alpha value is -3.73. The molecule has 3 aromatic carbocycles. The van der Waals surface area contributed by atoms with Gasteiger partial charge in [0.1, 0.15) is 30.5 Å². The molecule has 0 N–H and O–H groups in total. The fourth-order valence-electron chi connectivity index (χ4n) is 2.65. The van der Waals surface area contributed by atoms with Gasteiger partial charge in [-0.1, -0.05) is 36.4 Å². The van der Waals surface area contributed by atoms with E-state index in [2.05, 4.69) is 0 Å². The van der Waals surface area contributed by atoms with E-state index in [1.165, 1.54) is 6.08 Å². The van der Waals surface area contributed by atoms with Crippen molar-refractivity contribution in [2.45, 2.75) is 13.2 Å². The fraction of sp³-hybridized carbons (Fsp3) is 0.160. The summed E-state index contributed by atoms with van der Waals surface area (Å²) in [6.07, 6.45) is 3.13. The number of esters is 1. The first-order valence-electron chi connectivity index (χ1n) is 9.50. The number of carbonyl (C=O) groups is 1. The SMILES string of the molecule is COc1ccc(COC(=O)C=Cc2ccc(OCc3ccc(OC)cc3)cc2)cc1. The molecule has 0 bridgehead atoms. The van der Waals surface area contributed by atoms with Crippen LogP contribution in [0, 0.1) is 0 Å². The Balaban J connectivity index is 1.45. The Morgan fingerprint density at radius 3 is 1.73 bits per heavy atom. The monoisotopic (exact) mass is 404 g/mol. The highest BCUT2D eigenvalue weighted by atomic mass is 16.5. The molecule has 5 heteroatoms. The number of carbonyl (C=O) groups excluding carboxylic acids is 1. The average molecular weight is 404 g/mol. The van der Waals surface area contributed by atoms with Crippen LogP contribution in [-0.2, 0) is 22.7 Å². The van der Waals surface area contributed by atoms with Gasteiger partial charge in [-0.25, -0.2) is 4.79 Å². The summed E-state index contributed by atoms with van der Waals surface area (Å²) in [5.74, 6) is 1.94. The van der Waals surface area contributed by atoms with Gasteiger partial charge < -0.3 is 18.9 Å². The molecular formula is C25H24O5. The van der Waals surface area contributed by atoms with Crippen LogP contribution in [-0.4, -0.2) is 20.2 Å². The number of ether oxygens (including phenoxy) is 4. The summed E-state index contributed by atoms with van der Waals surface area (Å²) < 4.78 is 21.3. The molecule has 0 aliphatic rings. The van der Waals surface area contributed by atoms with Crippen molar-refractivity contribution in [3.05, 3.63) is 95.6 Å². The summed E-state index contributed by atoms with van der Waals surface area (Å²) in [4.78, 5) is 11.9. The van der Waals surface area contributed by atoms with Crippen LogP contribution in [0.15, 0.2) is 78.9 Å². The van der Waals surface area contributed by atoms with Crippen LogP contribution >= 0.6 is 0 Å². The van der Waals surface area contributed by atoms with E-state index in [-0.39, 0.29) is 6.61 Å². The zero-order valence-electron chi connectivity index (χ0n) is 17.0. The van der Waals surface area contributed by atoms with Crippen molar-refractivity contribution in [2.24, 2.45) is 0 Å². The fourth-order valence-corrected chi connectivity index (χ4v) is 2.65. The van der Waals surface area contributed by atoms with Crippen molar-refractivity contribution < 1.29 is 23.7 Å². The first kappa shape index (κ1) is 21.0. The third-order valence-electron chi connectivity index (χ3n) is 4.40. The van der Waals surface area contributed by atoms with Crippen LogP contribution in [0.3, 0.4) is 0 Å². The minimum atomic E-state index is -0.398. The Morgan fingerprint density at radius 2 is 1.20 bits per heavy atom. The highest BCUT2D eigenvalue weighted by Gasteiger charge is 2.01. The van der Waals surface area contributed by atoms with E-state index in [1.54, 1.807) is 20.3 Å². The summed E-state index contributed by atoms with van der Waals surface area (Å²) >= 11 is 0. The maximum absolute atomic E-state index is 11.9. The van der Waals surface area contributed by atoms with E-state index in [1.807, 2.05) is 72.8 Å². The zero-order valence-corrected chi connectivity index (χ0v) is 17.0. The summed E-state index contributed by atoms with van der Waals surface area (Å²) in [5.41, 5.74) is 2.84. The molecule has 0 heterocycles. The topological polar surface area (TPSA) is 54.0 Å². The molecule has 0 saturated heterocycles. The second-order valence-corrected chi connectivity index (χ2v) is 6.49. The molecule has 3 aromatic rings. The Labute approximate surface area is 176 Å². The van der Waals surface area contributed by atoms with Crippen molar-refractivity contribution in [3.8, 4) is 17.2 Å². The third-order valence-corrected chi connectivity index (χ3v) is 4.40. The van der Waals surface area contributed by atoms with E-state index >= 15 is 0 Å². The van der Waals surface area contributed by atoms with Gasteiger partial charge in [0.05, 0.1) is 14.2 Å². The van der Waals surface area contributed by atoms with Crippen molar-refractivity contribution in [1.82, 2.24) is 0 Å². The van der Waals surface area contributed by atoms with Crippen molar-refractivity contribution in [1.29, 1.82) is 0 Å². The van der Waals surface area contributed by atoms with Gasteiger partial charge in [0.25, 0.3) is 0 Å². The predicted octanol–water partition coefficient (Wildman–Crippen LogP) is 5.04. The second kappa shape index (κ2) is 10.7. The van der Waals surface area contributed by atoms with Gasteiger partial charge in [0, 0.05) is 6.08 Å². The molecular weight excluding hydrogens is 380 g/mol. The molecule has 0 saturated carbocycles. The third kappa shape index (κ3) is 6.41. The number of methoxy groups -OCH3 is 2. The van der Waals surface area contributed by atoms with Gasteiger partial charge in [0.2, 0.25) is 0 Å². The quantitative estimate of drug-likeness (QED) is 0.369. The molecule has 3 rings (SSSR count). The van der Waals surface area contributed by atoms with Crippen LogP contribution in [0.1, 0.15) is 16.7 Å². The smallest absolute Gasteiger partial charge is 0.331 e. The van der Waals surface area contributed by atoms with E-state index in [0.717, 1.165) is 33.9 Å². The van der Waals surface area contributed by atoms with Gasteiger partial charge in [-0.3, -0.25) is 0 Å². The van der Waals surface area contributed by atoms with Crippen molar-refractivity contribution in [3.63, 3.8) is 0 Å². The van der Waals surface area contributed by atoms with Crippen LogP contribution in [0.2, 0.25) is 0 Å². The lowest BCUT2D eigenvalue weighted by Crippen LogP contribution is -2.00. The van der Waals surface area contributed by atoms with Gasteiger partial charge in [-0.2, -0.15) is 0 Å². The second-order valence-electron chi connectivity index (χ2n) is 6.49. The largest absolute Gasteiger partial charge is 0.497 e. The standard InChI is InChI=1S/C25H24O5/c1-27-22-10-5-20(6-11-22)17-29-24-14-3-19(4-15-24)9-16-25(26)30-18-21-7-12-23(28-2)13-8-21/h3-16H,17-18H2,1-2H3. The van der Waals surface area contributed by atoms with Gasteiger partial charge in [-0.05, 0) is 59.2 Å². The lowest BCUT2D eigenvalue weighted by Gasteiger charge is -2.07. The minimum absolute atomic E-state index is 0.214. The van der Waals surface area contributed by atoms with Gasteiger partial charge in [0.15, 0.2) is 0 Å². The molecule has 0 fully saturated rings. The maximum Gasteiger partial charge on any atom is 0.331 e. The lowest BCUT2D eigenvalue weighted by molar-refractivity contribution is -0.138. The average Bonchev–Trinajstić information content (AvgIpc) is 2.81. The van der Waals surface area contributed by atoms with E-state index < -0.39 is 5.97 Å². The molecule has 154 valence electrons. The molecule has 5 nitrogen and oxygen atoms in total. The van der Waals surface area contributed by atoms with E-state index in [4.69, 9.17) is 18.9 Å². The number of rotatable bonds is 9. The van der Waals surface area contributed by atoms with Gasteiger partial charge >= 0.3 is 5.97 Å². The highest BCUT2D eigenvalue weighted by molar-refractivity contribution is 5.87. The van der Waals surface area contributed by atoms with Crippen LogP contribution < -0.4 is 14.2 Å². The zero-order chi connectivity index (χ0) is 21.2. The predicted molar refractivity (Wildman–Crippen MR) is 116 cm³/mol. The van der Waals surface area contributed by atoms with Crippen molar-refractivity contribution in [2.75, 3.05) is 14.2 Å². The summed E-state index contributed by atoms with van der Waals surface area (Å²) in [5, 5.41) is 0. The molecule has 0 aliphatic carbocycles. The summed E-state index contributed by atoms with van der Waals surface area (Å²) in [7, 11) is 3.25. The van der Waals surface area contributed by atoms with E-state index in [0.29, 0.717) is 6.61 Å². The molecule has 0 atom stereocenters. The molecule has 0 amide bonds. The molecule has 0 aromatic heterocycles. The van der Waals surface area contributed by atoms with Crippen LogP contribution in [0.4, 0.5) is 0 Å². The molecule has 0 radical (unpaired) electrons. The van der Waals surface area contributed by atoms with Crippen molar-refractivity contribution >= 4 is 12.0 Å². The lowest BCUT2D eigenvalue weighted by atomic mass is 10.2. The minimum Gasteiger partial charge on any atom is -0.497 e. The summed E-state index contributed by atoms with van der Waals surface area (Å²) in [6, 6.07) is 22.6. The summed E-state index contributed by atoms with van der Waals surface area (Å²) in [6.45, 7) is 0.683. The first-order valence-corrected chi connectivity index (χ1v) is 9.50. The Morgan fingerprint density at radius 1 is 0.700 bits per heavy atom. The van der Waals surface area contributed by atoms with E-state index in [9.17, 15) is 4.79 Å². The maximum atomic E-state index is 11.9. The molecule has 0 aliphatic heterocycles. The molecule has 0 spiro atoms. The number of benzene rings is 3. The molecule has 0 unspecified atom stereocenters. The number of hydrogen-bond donors (Lipinski definition) is 0. The Bertz CT molecular complexity index is 958. The van der Waals surface area contributed by atoms with Crippen LogP contribution in [0.5, 0.6) is 17.2 Å². The van der Waals surface area contributed by atoms with Gasteiger partial charge in [-0.15, -0.1) is 0 Å².